The average Bonchev–Trinajstić information content (AvgIpc) is 2.32. The summed E-state index contributed by atoms with van der Waals surface area (Å²) in [5.41, 5.74) is 6.30. The highest BCUT2D eigenvalue weighted by molar-refractivity contribution is 5.77. The number of hydrogen-bond donors (Lipinski definition) is 2. The van der Waals surface area contributed by atoms with E-state index in [2.05, 4.69) is 5.32 Å². The van der Waals surface area contributed by atoms with Gasteiger partial charge >= 0.3 is 0 Å². The van der Waals surface area contributed by atoms with Gasteiger partial charge in [-0.3, -0.25) is 9.69 Å². The molecular weight excluding hydrogens is 230 g/mol. The van der Waals surface area contributed by atoms with E-state index in [9.17, 15) is 4.79 Å². The molecule has 1 aromatic carbocycles. The number of carbonyl (C=O) groups is 1. The van der Waals surface area contributed by atoms with E-state index < -0.39 is 0 Å². The lowest BCUT2D eigenvalue weighted by Crippen LogP contribution is -2.36. The summed E-state index contributed by atoms with van der Waals surface area (Å²) in [4.78, 5) is 13.2. The molecule has 0 atom stereocenters. The van der Waals surface area contributed by atoms with Crippen LogP contribution in [0.1, 0.15) is 6.92 Å². The number of amides is 1. The first-order chi connectivity index (χ1) is 8.61. The molecule has 0 unspecified atom stereocenters. The second-order valence-electron chi connectivity index (χ2n) is 4.11. The standard InChI is InChI=1S/C13H21N3O2/c1-3-15-13(17)10-16(2)8-9-18-12-6-4-11(14)5-7-12/h4-7H,3,8-10,14H2,1-2H3,(H,15,17). The number of nitrogens with one attached hydrogen (secondary N) is 1. The maximum Gasteiger partial charge on any atom is 0.234 e. The molecule has 0 radical (unpaired) electrons. The predicted molar refractivity (Wildman–Crippen MR) is 72.5 cm³/mol. The summed E-state index contributed by atoms with van der Waals surface area (Å²) in [7, 11) is 1.89. The molecule has 0 heterocycles. The van der Waals surface area contributed by atoms with Crippen molar-refractivity contribution in [2.24, 2.45) is 0 Å². The summed E-state index contributed by atoms with van der Waals surface area (Å²) in [5.74, 6) is 0.822. The molecule has 5 heteroatoms. The van der Waals surface area contributed by atoms with Gasteiger partial charge in [-0.05, 0) is 38.2 Å². The van der Waals surface area contributed by atoms with Crippen LogP contribution in [-0.2, 0) is 4.79 Å². The summed E-state index contributed by atoms with van der Waals surface area (Å²) in [5, 5.41) is 2.76. The van der Waals surface area contributed by atoms with Crippen LogP contribution < -0.4 is 15.8 Å². The third-order valence-corrected chi connectivity index (χ3v) is 2.41. The van der Waals surface area contributed by atoms with E-state index in [1.54, 1.807) is 12.1 Å². The summed E-state index contributed by atoms with van der Waals surface area (Å²) >= 11 is 0. The van der Waals surface area contributed by atoms with E-state index in [1.807, 2.05) is 31.0 Å². The zero-order chi connectivity index (χ0) is 13.4. The first kappa shape index (κ1) is 14.3. The fourth-order valence-electron chi connectivity index (χ4n) is 1.46. The maximum atomic E-state index is 11.3. The van der Waals surface area contributed by atoms with Gasteiger partial charge in [0.15, 0.2) is 0 Å². The fraction of sp³-hybridized carbons (Fsp3) is 0.462. The molecule has 0 saturated heterocycles. The molecule has 5 nitrogen and oxygen atoms in total. The highest BCUT2D eigenvalue weighted by Crippen LogP contribution is 2.12. The van der Waals surface area contributed by atoms with Crippen molar-refractivity contribution in [2.75, 3.05) is 39.0 Å². The van der Waals surface area contributed by atoms with E-state index >= 15 is 0 Å². The number of rotatable bonds is 7. The number of nitrogens with zero attached hydrogens (tertiary/aromatic N) is 1. The van der Waals surface area contributed by atoms with Crippen molar-refractivity contribution >= 4 is 11.6 Å². The zero-order valence-electron chi connectivity index (χ0n) is 11.0. The first-order valence-electron chi connectivity index (χ1n) is 6.05. The third-order valence-electron chi connectivity index (χ3n) is 2.41. The summed E-state index contributed by atoms with van der Waals surface area (Å²) in [6.07, 6.45) is 0. The van der Waals surface area contributed by atoms with Gasteiger partial charge in [0.2, 0.25) is 5.91 Å². The molecule has 0 spiro atoms. The molecule has 1 rings (SSSR count). The van der Waals surface area contributed by atoms with Crippen molar-refractivity contribution in [3.8, 4) is 5.75 Å². The number of benzene rings is 1. The van der Waals surface area contributed by atoms with Crippen LogP contribution in [0.4, 0.5) is 5.69 Å². The molecule has 0 aliphatic heterocycles. The van der Waals surface area contributed by atoms with Crippen LogP contribution in [0.3, 0.4) is 0 Å². The van der Waals surface area contributed by atoms with Gasteiger partial charge in [0.1, 0.15) is 12.4 Å². The van der Waals surface area contributed by atoms with Crippen LogP contribution in [0.15, 0.2) is 24.3 Å². The minimum Gasteiger partial charge on any atom is -0.492 e. The smallest absolute Gasteiger partial charge is 0.234 e. The van der Waals surface area contributed by atoms with Gasteiger partial charge in [-0.25, -0.2) is 0 Å². The van der Waals surface area contributed by atoms with Gasteiger partial charge in [-0.2, -0.15) is 0 Å². The van der Waals surface area contributed by atoms with Gasteiger partial charge in [-0.15, -0.1) is 0 Å². The molecule has 0 aliphatic carbocycles. The van der Waals surface area contributed by atoms with Crippen molar-refractivity contribution in [1.82, 2.24) is 10.2 Å². The SMILES string of the molecule is CCNC(=O)CN(C)CCOc1ccc(N)cc1. The van der Waals surface area contributed by atoms with Crippen molar-refractivity contribution in [3.05, 3.63) is 24.3 Å². The number of likely N-dealkylation sites (N-methyl/N-ethyl adjacent to an activating group) is 2. The van der Waals surface area contributed by atoms with Crippen LogP contribution >= 0.6 is 0 Å². The molecule has 0 saturated carbocycles. The van der Waals surface area contributed by atoms with E-state index in [-0.39, 0.29) is 5.91 Å². The molecule has 0 bridgehead atoms. The Labute approximate surface area is 108 Å². The number of ether oxygens (including phenoxy) is 1. The molecule has 1 aromatic rings. The second kappa shape index (κ2) is 7.55. The topological polar surface area (TPSA) is 67.6 Å². The summed E-state index contributed by atoms with van der Waals surface area (Å²) < 4.78 is 5.54. The predicted octanol–water partition coefficient (Wildman–Crippen LogP) is 0.716. The maximum absolute atomic E-state index is 11.3. The van der Waals surface area contributed by atoms with Crippen LogP contribution in [0, 0.1) is 0 Å². The lowest BCUT2D eigenvalue weighted by atomic mass is 10.3. The zero-order valence-corrected chi connectivity index (χ0v) is 11.0. The lowest BCUT2D eigenvalue weighted by Gasteiger charge is -2.16. The quantitative estimate of drug-likeness (QED) is 0.701. The number of nitrogens with two attached hydrogens (primary N) is 1. The largest absolute Gasteiger partial charge is 0.492 e. The summed E-state index contributed by atoms with van der Waals surface area (Å²) in [6, 6.07) is 7.26. The highest BCUT2D eigenvalue weighted by Gasteiger charge is 2.05. The van der Waals surface area contributed by atoms with Crippen molar-refractivity contribution in [2.45, 2.75) is 6.92 Å². The number of nitrogen functional groups attached to an aromatic ring is 1. The van der Waals surface area contributed by atoms with Gasteiger partial charge < -0.3 is 15.8 Å². The van der Waals surface area contributed by atoms with Crippen LogP contribution in [0.5, 0.6) is 5.75 Å². The molecule has 0 fully saturated rings. The van der Waals surface area contributed by atoms with Gasteiger partial charge in [-0.1, -0.05) is 0 Å². The van der Waals surface area contributed by atoms with Crippen molar-refractivity contribution in [1.29, 1.82) is 0 Å². The van der Waals surface area contributed by atoms with E-state index in [0.29, 0.717) is 26.2 Å². The van der Waals surface area contributed by atoms with Gasteiger partial charge in [0, 0.05) is 18.8 Å². The Kier molecular flexibility index (Phi) is 6.00. The normalized spacial score (nSPS) is 10.4. The second-order valence-corrected chi connectivity index (χ2v) is 4.11. The van der Waals surface area contributed by atoms with Crippen molar-refractivity contribution < 1.29 is 9.53 Å². The Hall–Kier alpha value is -1.75. The minimum atomic E-state index is 0.0347. The van der Waals surface area contributed by atoms with Crippen LogP contribution in [0.2, 0.25) is 0 Å². The van der Waals surface area contributed by atoms with Gasteiger partial charge in [0.05, 0.1) is 6.54 Å². The number of anilines is 1. The highest BCUT2D eigenvalue weighted by atomic mass is 16.5. The molecule has 0 aromatic heterocycles. The van der Waals surface area contributed by atoms with Crippen molar-refractivity contribution in [3.63, 3.8) is 0 Å². The Morgan fingerprint density at radius 1 is 1.39 bits per heavy atom. The average molecular weight is 251 g/mol. The molecule has 1 amide bonds. The van der Waals surface area contributed by atoms with Crippen LogP contribution in [0.25, 0.3) is 0 Å². The monoisotopic (exact) mass is 251 g/mol. The first-order valence-corrected chi connectivity index (χ1v) is 6.05. The van der Waals surface area contributed by atoms with E-state index in [1.165, 1.54) is 0 Å². The number of carbonyl (C=O) groups excluding carboxylic acids is 1. The summed E-state index contributed by atoms with van der Waals surface area (Å²) in [6.45, 7) is 4.19. The van der Waals surface area contributed by atoms with Crippen LogP contribution in [-0.4, -0.2) is 44.1 Å². The Morgan fingerprint density at radius 2 is 2.06 bits per heavy atom. The van der Waals surface area contributed by atoms with Gasteiger partial charge in [0.25, 0.3) is 0 Å². The number of hydrogen-bond acceptors (Lipinski definition) is 4. The lowest BCUT2D eigenvalue weighted by molar-refractivity contribution is -0.121. The molecule has 100 valence electrons. The third kappa shape index (κ3) is 5.54. The Balaban J connectivity index is 2.21. The van der Waals surface area contributed by atoms with E-state index in [4.69, 9.17) is 10.5 Å². The Bertz CT molecular complexity index is 365. The molecular formula is C13H21N3O2. The Morgan fingerprint density at radius 3 is 2.67 bits per heavy atom. The fourth-order valence-corrected chi connectivity index (χ4v) is 1.46. The minimum absolute atomic E-state index is 0.0347. The van der Waals surface area contributed by atoms with E-state index in [0.717, 1.165) is 11.4 Å². The molecule has 3 N–H and O–H groups in total. The molecule has 18 heavy (non-hydrogen) atoms. The molecule has 0 aliphatic rings.